The van der Waals surface area contributed by atoms with Crippen LogP contribution in [0.1, 0.15) is 46.4 Å². The minimum Gasteiger partial charge on any atom is -0.480 e. The first-order chi connectivity index (χ1) is 16.0. The number of fused-ring (bicyclic) bond motifs is 1. The molecule has 1 saturated heterocycles. The van der Waals surface area contributed by atoms with Gasteiger partial charge < -0.3 is 10.4 Å². The van der Waals surface area contributed by atoms with Gasteiger partial charge in [0.25, 0.3) is 5.91 Å². The zero-order valence-electron chi connectivity index (χ0n) is 18.9. The maximum Gasteiger partial charge on any atom is 0.317 e. The van der Waals surface area contributed by atoms with Crippen LogP contribution in [-0.4, -0.2) is 70.8 Å². The third-order valence-corrected chi connectivity index (χ3v) is 7.07. The monoisotopic (exact) mass is 466 g/mol. The number of carbonyl (C=O) groups excluding carboxylic acids is 1. The van der Waals surface area contributed by atoms with E-state index in [4.69, 9.17) is 0 Å². The molecule has 0 saturated carbocycles. The Hall–Kier alpha value is -2.84. The molecule has 33 heavy (non-hydrogen) atoms. The molecule has 0 radical (unpaired) electrons. The van der Waals surface area contributed by atoms with Crippen LogP contribution >= 0.6 is 11.8 Å². The Labute approximate surface area is 198 Å². The molecule has 0 aliphatic carbocycles. The molecule has 2 N–H and O–H groups in total. The number of nitrogens with one attached hydrogen (secondary N) is 1. The molecule has 4 rings (SSSR count). The van der Waals surface area contributed by atoms with Crippen LogP contribution in [0.3, 0.4) is 0 Å². The standard InChI is InChI=1S/C25H30N4O3S/c1-2-23-22-15-20(6-5-19(22)9-10-28(23)17-24(30)31)25(32)27-21-7-3-18(4-8-21)16-26-29-11-13-33-14-12-29/h3-8,15-16,23H,2,9-14,17H2,1H3,(H,27,32)(H,30,31). The summed E-state index contributed by atoms with van der Waals surface area (Å²) >= 11 is 1.96. The van der Waals surface area contributed by atoms with Gasteiger partial charge in [-0.3, -0.25) is 19.5 Å². The van der Waals surface area contributed by atoms with Crippen LogP contribution in [0, 0.1) is 0 Å². The number of benzene rings is 2. The number of carboxylic acid groups (broad SMARTS) is 1. The predicted octanol–water partition coefficient (Wildman–Crippen LogP) is 3.72. The molecule has 0 spiro atoms. The van der Waals surface area contributed by atoms with Crippen LogP contribution in [-0.2, 0) is 11.2 Å². The summed E-state index contributed by atoms with van der Waals surface area (Å²) in [5, 5.41) is 18.8. The van der Waals surface area contributed by atoms with Crippen LogP contribution in [0.15, 0.2) is 47.6 Å². The van der Waals surface area contributed by atoms with E-state index >= 15 is 0 Å². The summed E-state index contributed by atoms with van der Waals surface area (Å²) in [6.45, 7) is 4.74. The summed E-state index contributed by atoms with van der Waals surface area (Å²) < 4.78 is 0. The van der Waals surface area contributed by atoms with E-state index in [0.717, 1.165) is 60.8 Å². The molecule has 0 aromatic heterocycles. The molecular weight excluding hydrogens is 436 g/mol. The van der Waals surface area contributed by atoms with Crippen molar-refractivity contribution in [3.05, 3.63) is 64.7 Å². The van der Waals surface area contributed by atoms with Crippen molar-refractivity contribution >= 4 is 35.5 Å². The maximum atomic E-state index is 12.9. The lowest BCUT2D eigenvalue weighted by atomic mass is 9.89. The zero-order valence-corrected chi connectivity index (χ0v) is 19.7. The summed E-state index contributed by atoms with van der Waals surface area (Å²) in [5.74, 6) is 1.23. The minimum atomic E-state index is -0.825. The highest BCUT2D eigenvalue weighted by Crippen LogP contribution is 2.32. The molecule has 1 atom stereocenters. The van der Waals surface area contributed by atoms with Crippen molar-refractivity contribution in [3.8, 4) is 0 Å². The second-order valence-corrected chi connectivity index (χ2v) is 9.56. The Morgan fingerprint density at radius 3 is 2.61 bits per heavy atom. The van der Waals surface area contributed by atoms with Gasteiger partial charge in [-0.15, -0.1) is 0 Å². The molecule has 174 valence electrons. The molecule has 7 nitrogen and oxygen atoms in total. The number of hydrogen-bond acceptors (Lipinski definition) is 6. The average molecular weight is 467 g/mol. The van der Waals surface area contributed by atoms with Crippen LogP contribution in [0.2, 0.25) is 0 Å². The Morgan fingerprint density at radius 2 is 1.91 bits per heavy atom. The van der Waals surface area contributed by atoms with Gasteiger partial charge in [-0.05, 0) is 53.8 Å². The van der Waals surface area contributed by atoms with Gasteiger partial charge in [0.2, 0.25) is 0 Å². The Balaban J connectivity index is 1.42. The van der Waals surface area contributed by atoms with Crippen molar-refractivity contribution in [1.29, 1.82) is 0 Å². The summed E-state index contributed by atoms with van der Waals surface area (Å²) in [7, 11) is 0. The first-order valence-electron chi connectivity index (χ1n) is 11.4. The van der Waals surface area contributed by atoms with Gasteiger partial charge in [-0.2, -0.15) is 16.9 Å². The van der Waals surface area contributed by atoms with Gasteiger partial charge in [0.15, 0.2) is 0 Å². The van der Waals surface area contributed by atoms with Crippen LogP contribution in [0.5, 0.6) is 0 Å². The number of aliphatic carboxylic acids is 1. The number of thioether (sulfide) groups is 1. The lowest BCUT2D eigenvalue weighted by Crippen LogP contribution is -2.38. The molecule has 0 bridgehead atoms. The van der Waals surface area contributed by atoms with Crippen LogP contribution < -0.4 is 5.32 Å². The van der Waals surface area contributed by atoms with E-state index in [1.807, 2.05) is 65.3 Å². The minimum absolute atomic E-state index is 0.00895. The number of hydrogen-bond donors (Lipinski definition) is 2. The third kappa shape index (κ3) is 5.94. The maximum absolute atomic E-state index is 12.9. The molecule has 2 aliphatic rings. The fourth-order valence-corrected chi connectivity index (χ4v) is 5.29. The van der Waals surface area contributed by atoms with Gasteiger partial charge in [0, 0.05) is 48.4 Å². The Kier molecular flexibility index (Phi) is 7.67. The Bertz CT molecular complexity index is 1020. The number of rotatable bonds is 7. The molecule has 2 aromatic rings. The van der Waals surface area contributed by atoms with E-state index in [0.29, 0.717) is 5.56 Å². The average Bonchev–Trinajstić information content (AvgIpc) is 2.83. The number of carboxylic acids is 1. The van der Waals surface area contributed by atoms with Crippen molar-refractivity contribution in [2.24, 2.45) is 5.10 Å². The van der Waals surface area contributed by atoms with E-state index in [1.54, 1.807) is 0 Å². The highest BCUT2D eigenvalue weighted by molar-refractivity contribution is 7.99. The van der Waals surface area contributed by atoms with Crippen molar-refractivity contribution in [2.45, 2.75) is 25.8 Å². The number of amides is 1. The van der Waals surface area contributed by atoms with E-state index < -0.39 is 5.97 Å². The van der Waals surface area contributed by atoms with Crippen molar-refractivity contribution < 1.29 is 14.7 Å². The van der Waals surface area contributed by atoms with E-state index in [1.165, 1.54) is 5.56 Å². The van der Waals surface area contributed by atoms with E-state index in [9.17, 15) is 14.7 Å². The highest BCUT2D eigenvalue weighted by atomic mass is 32.2. The highest BCUT2D eigenvalue weighted by Gasteiger charge is 2.28. The summed E-state index contributed by atoms with van der Waals surface area (Å²) in [6.07, 6.45) is 3.45. The normalized spacial score (nSPS) is 18.8. The third-order valence-electron chi connectivity index (χ3n) is 6.13. The van der Waals surface area contributed by atoms with E-state index in [2.05, 4.69) is 22.4 Å². The second-order valence-electron chi connectivity index (χ2n) is 8.34. The molecule has 1 fully saturated rings. The summed E-state index contributed by atoms with van der Waals surface area (Å²) in [6, 6.07) is 13.4. The lowest BCUT2D eigenvalue weighted by molar-refractivity contribution is -0.139. The number of nitrogens with zero attached hydrogens (tertiary/aromatic N) is 3. The zero-order chi connectivity index (χ0) is 23.2. The largest absolute Gasteiger partial charge is 0.480 e. The number of hydrazone groups is 1. The van der Waals surface area contributed by atoms with Gasteiger partial charge in [0.05, 0.1) is 12.8 Å². The smallest absolute Gasteiger partial charge is 0.317 e. The number of anilines is 1. The van der Waals surface area contributed by atoms with Crippen LogP contribution in [0.25, 0.3) is 0 Å². The quantitative estimate of drug-likeness (QED) is 0.605. The number of carbonyl (C=O) groups is 2. The first kappa shape index (κ1) is 23.3. The van der Waals surface area contributed by atoms with Gasteiger partial charge >= 0.3 is 5.97 Å². The van der Waals surface area contributed by atoms with E-state index in [-0.39, 0.29) is 18.5 Å². The summed E-state index contributed by atoms with van der Waals surface area (Å²) in [5.41, 5.74) is 4.54. The summed E-state index contributed by atoms with van der Waals surface area (Å²) in [4.78, 5) is 26.1. The molecule has 2 aliphatic heterocycles. The SMILES string of the molecule is CCC1c2cc(C(=O)Nc3ccc(C=NN4CCSCC4)cc3)ccc2CCN1CC(=O)O. The van der Waals surface area contributed by atoms with Crippen molar-refractivity contribution in [3.63, 3.8) is 0 Å². The lowest BCUT2D eigenvalue weighted by Gasteiger charge is -2.36. The first-order valence-corrected chi connectivity index (χ1v) is 12.6. The Morgan fingerprint density at radius 1 is 1.15 bits per heavy atom. The van der Waals surface area contributed by atoms with Crippen molar-refractivity contribution in [2.75, 3.05) is 43.0 Å². The molecule has 2 heterocycles. The second kappa shape index (κ2) is 10.9. The molecule has 1 amide bonds. The van der Waals surface area contributed by atoms with Gasteiger partial charge in [-0.25, -0.2) is 0 Å². The van der Waals surface area contributed by atoms with Crippen molar-refractivity contribution in [1.82, 2.24) is 9.91 Å². The molecule has 1 unspecified atom stereocenters. The fourth-order valence-electron chi connectivity index (χ4n) is 4.41. The predicted molar refractivity (Wildman–Crippen MR) is 133 cm³/mol. The molecule has 8 heteroatoms. The molecule has 2 aromatic carbocycles. The van der Waals surface area contributed by atoms with Gasteiger partial charge in [-0.1, -0.05) is 25.1 Å². The van der Waals surface area contributed by atoms with Gasteiger partial charge in [0.1, 0.15) is 0 Å². The topological polar surface area (TPSA) is 85.2 Å². The molecular formula is C25H30N4O3S. The fraction of sp³-hybridized carbons (Fsp3) is 0.400. The van der Waals surface area contributed by atoms with Crippen LogP contribution in [0.4, 0.5) is 5.69 Å².